The molecule has 0 bridgehead atoms. The predicted molar refractivity (Wildman–Crippen MR) is 103 cm³/mol. The summed E-state index contributed by atoms with van der Waals surface area (Å²) in [5.74, 6) is 0.00831. The van der Waals surface area contributed by atoms with Crippen molar-refractivity contribution in [1.29, 1.82) is 0 Å². The molecule has 3 rings (SSSR count). The highest BCUT2D eigenvalue weighted by Crippen LogP contribution is 2.31. The number of rotatable bonds is 3. The van der Waals surface area contributed by atoms with Crippen molar-refractivity contribution in [3.05, 3.63) is 53.1 Å². The molecule has 128 valence electrons. The Labute approximate surface area is 149 Å². The molecule has 24 heavy (non-hydrogen) atoms. The quantitative estimate of drug-likeness (QED) is 0.834. The molecule has 3 N–H and O–H groups in total. The van der Waals surface area contributed by atoms with Crippen LogP contribution in [-0.2, 0) is 11.2 Å². The van der Waals surface area contributed by atoms with Gasteiger partial charge in [0.1, 0.15) is 0 Å². The summed E-state index contributed by atoms with van der Waals surface area (Å²) >= 11 is 0. The van der Waals surface area contributed by atoms with Crippen LogP contribution in [-0.4, -0.2) is 19.0 Å². The molecule has 0 spiro atoms. The molecule has 0 radical (unpaired) electrons. The van der Waals surface area contributed by atoms with Gasteiger partial charge in [0.25, 0.3) is 0 Å². The third kappa shape index (κ3) is 3.65. The van der Waals surface area contributed by atoms with Gasteiger partial charge in [-0.2, -0.15) is 0 Å². The van der Waals surface area contributed by atoms with Gasteiger partial charge in [-0.3, -0.25) is 4.79 Å². The Hall–Kier alpha value is -2.20. The van der Waals surface area contributed by atoms with Crippen molar-refractivity contribution in [2.45, 2.75) is 26.7 Å². The maximum absolute atomic E-state index is 12.5. The molecule has 1 aliphatic rings. The van der Waals surface area contributed by atoms with Crippen LogP contribution >= 0.6 is 12.4 Å². The molecule has 0 saturated heterocycles. The average Bonchev–Trinajstić information content (AvgIpc) is 2.53. The number of nitrogens with one attached hydrogen (secondary N) is 1. The van der Waals surface area contributed by atoms with E-state index in [0.29, 0.717) is 6.54 Å². The molecule has 0 aliphatic carbocycles. The van der Waals surface area contributed by atoms with Gasteiger partial charge in [-0.05, 0) is 61.6 Å². The highest BCUT2D eigenvalue weighted by atomic mass is 35.5. The molecule has 5 heteroatoms. The molecule has 0 unspecified atom stereocenters. The summed E-state index contributed by atoms with van der Waals surface area (Å²) < 4.78 is 0. The van der Waals surface area contributed by atoms with Crippen molar-refractivity contribution in [3.63, 3.8) is 0 Å². The van der Waals surface area contributed by atoms with Gasteiger partial charge < -0.3 is 16.0 Å². The summed E-state index contributed by atoms with van der Waals surface area (Å²) in [5.41, 5.74) is 12.3. The average molecular weight is 346 g/mol. The molecular formula is C19H24ClN3O. The minimum Gasteiger partial charge on any atom is -0.398 e. The van der Waals surface area contributed by atoms with Crippen molar-refractivity contribution in [2.24, 2.45) is 0 Å². The largest absolute Gasteiger partial charge is 0.398 e. The molecule has 1 amide bonds. The lowest BCUT2D eigenvalue weighted by atomic mass is 10.00. The summed E-state index contributed by atoms with van der Waals surface area (Å²) in [4.78, 5) is 14.6. The van der Waals surface area contributed by atoms with Gasteiger partial charge in [0.15, 0.2) is 0 Å². The second-order valence-corrected chi connectivity index (χ2v) is 6.17. The Morgan fingerprint density at radius 2 is 1.96 bits per heavy atom. The SMILES string of the molecule is Cc1cccc(NC(=O)CN2CCCc3c(N)cccc32)c1C.Cl. The first kappa shape index (κ1) is 18.1. The van der Waals surface area contributed by atoms with E-state index < -0.39 is 0 Å². The maximum atomic E-state index is 12.5. The van der Waals surface area contributed by atoms with E-state index in [0.717, 1.165) is 42.0 Å². The lowest BCUT2D eigenvalue weighted by Gasteiger charge is -2.31. The summed E-state index contributed by atoms with van der Waals surface area (Å²) in [6.07, 6.45) is 2.01. The molecule has 0 fully saturated rings. The van der Waals surface area contributed by atoms with Crippen molar-refractivity contribution in [1.82, 2.24) is 0 Å². The van der Waals surface area contributed by atoms with Gasteiger partial charge >= 0.3 is 0 Å². The third-order valence-corrected chi connectivity index (χ3v) is 4.60. The molecule has 0 atom stereocenters. The minimum atomic E-state index is 0. The number of benzene rings is 2. The fourth-order valence-corrected chi connectivity index (χ4v) is 3.14. The van der Waals surface area contributed by atoms with Crippen LogP contribution in [0.4, 0.5) is 17.1 Å². The third-order valence-electron chi connectivity index (χ3n) is 4.60. The van der Waals surface area contributed by atoms with Gasteiger partial charge in [-0.1, -0.05) is 18.2 Å². The Balaban J connectivity index is 0.00000208. The van der Waals surface area contributed by atoms with Crippen LogP contribution in [0.25, 0.3) is 0 Å². The number of aryl methyl sites for hydroxylation is 1. The van der Waals surface area contributed by atoms with Crippen molar-refractivity contribution >= 4 is 35.4 Å². The first-order valence-electron chi connectivity index (χ1n) is 8.04. The Morgan fingerprint density at radius 3 is 2.75 bits per heavy atom. The first-order chi connectivity index (χ1) is 11.1. The lowest BCUT2D eigenvalue weighted by Crippen LogP contribution is -2.37. The van der Waals surface area contributed by atoms with Crippen LogP contribution in [0.3, 0.4) is 0 Å². The Bertz CT molecular complexity index is 745. The second kappa shape index (κ2) is 7.58. The van der Waals surface area contributed by atoms with E-state index in [9.17, 15) is 4.79 Å². The van der Waals surface area contributed by atoms with Crippen LogP contribution < -0.4 is 16.0 Å². The van der Waals surface area contributed by atoms with Crippen LogP contribution in [0.2, 0.25) is 0 Å². The lowest BCUT2D eigenvalue weighted by molar-refractivity contribution is -0.115. The zero-order valence-corrected chi connectivity index (χ0v) is 15.0. The zero-order chi connectivity index (χ0) is 16.4. The van der Waals surface area contributed by atoms with Gasteiger partial charge in [0.05, 0.1) is 6.54 Å². The van der Waals surface area contributed by atoms with E-state index >= 15 is 0 Å². The molecular weight excluding hydrogens is 322 g/mol. The van der Waals surface area contributed by atoms with Gasteiger partial charge in [-0.15, -0.1) is 12.4 Å². The van der Waals surface area contributed by atoms with Gasteiger partial charge in [-0.25, -0.2) is 0 Å². The van der Waals surface area contributed by atoms with Crippen molar-refractivity contribution < 1.29 is 4.79 Å². The molecule has 2 aromatic carbocycles. The zero-order valence-electron chi connectivity index (χ0n) is 14.1. The number of carbonyl (C=O) groups excluding carboxylic acids is 1. The predicted octanol–water partition coefficient (Wildman–Crippen LogP) is 3.70. The molecule has 0 aromatic heterocycles. The molecule has 0 saturated carbocycles. The van der Waals surface area contributed by atoms with E-state index in [1.807, 2.05) is 31.2 Å². The van der Waals surface area contributed by atoms with E-state index in [1.54, 1.807) is 0 Å². The monoisotopic (exact) mass is 345 g/mol. The summed E-state index contributed by atoms with van der Waals surface area (Å²) in [5, 5.41) is 3.03. The highest BCUT2D eigenvalue weighted by Gasteiger charge is 2.20. The fraction of sp³-hybridized carbons (Fsp3) is 0.316. The van der Waals surface area contributed by atoms with Crippen molar-refractivity contribution in [2.75, 3.05) is 29.0 Å². The number of nitrogens with two attached hydrogens (primary N) is 1. The standard InChI is InChI=1S/C19H23N3O.ClH/c1-13-6-3-9-17(14(13)2)21-19(23)12-22-11-5-7-15-16(20)8-4-10-18(15)22;/h3-4,6,8-10H,5,7,11-12,20H2,1-2H3,(H,21,23);1H. The van der Waals surface area contributed by atoms with E-state index in [1.165, 1.54) is 11.1 Å². The maximum Gasteiger partial charge on any atom is 0.243 e. The summed E-state index contributed by atoms with van der Waals surface area (Å²) in [6.45, 7) is 5.32. The first-order valence-corrected chi connectivity index (χ1v) is 8.04. The number of hydrogen-bond donors (Lipinski definition) is 2. The number of nitrogen functional groups attached to an aromatic ring is 1. The molecule has 4 nitrogen and oxygen atoms in total. The minimum absolute atomic E-state index is 0. The molecule has 2 aromatic rings. The fourth-order valence-electron chi connectivity index (χ4n) is 3.14. The number of amides is 1. The molecule has 1 heterocycles. The number of hydrogen-bond acceptors (Lipinski definition) is 3. The van der Waals surface area contributed by atoms with Crippen LogP contribution in [0.15, 0.2) is 36.4 Å². The topological polar surface area (TPSA) is 58.4 Å². The smallest absolute Gasteiger partial charge is 0.243 e. The van der Waals surface area contributed by atoms with Crippen molar-refractivity contribution in [3.8, 4) is 0 Å². The number of anilines is 3. The van der Waals surface area contributed by atoms with E-state index in [-0.39, 0.29) is 18.3 Å². The van der Waals surface area contributed by atoms with Gasteiger partial charge in [0.2, 0.25) is 5.91 Å². The van der Waals surface area contributed by atoms with E-state index in [2.05, 4.69) is 29.3 Å². The number of carbonyl (C=O) groups is 1. The summed E-state index contributed by atoms with van der Waals surface area (Å²) in [7, 11) is 0. The van der Waals surface area contributed by atoms with Crippen LogP contribution in [0.1, 0.15) is 23.1 Å². The van der Waals surface area contributed by atoms with Crippen LogP contribution in [0, 0.1) is 13.8 Å². The highest BCUT2D eigenvalue weighted by molar-refractivity contribution is 5.95. The normalized spacial score (nSPS) is 13.0. The molecule has 1 aliphatic heterocycles. The van der Waals surface area contributed by atoms with E-state index in [4.69, 9.17) is 5.73 Å². The summed E-state index contributed by atoms with van der Waals surface area (Å²) in [6, 6.07) is 11.9. The Morgan fingerprint density at radius 1 is 1.21 bits per heavy atom. The van der Waals surface area contributed by atoms with Gasteiger partial charge in [0, 0.05) is 23.6 Å². The number of nitrogens with zero attached hydrogens (tertiary/aromatic N) is 1. The Kier molecular flexibility index (Phi) is 5.73. The second-order valence-electron chi connectivity index (χ2n) is 6.17. The van der Waals surface area contributed by atoms with Crippen LogP contribution in [0.5, 0.6) is 0 Å². The number of halogens is 1. The number of fused-ring (bicyclic) bond motifs is 1.